The third-order valence-electron chi connectivity index (χ3n) is 4.38. The zero-order valence-electron chi connectivity index (χ0n) is 15.7. The zero-order valence-corrected chi connectivity index (χ0v) is 15.7. The molecular formula is C21H28N3O2+. The highest BCUT2D eigenvalue weighted by atomic mass is 16.2. The van der Waals surface area contributed by atoms with E-state index in [4.69, 9.17) is 0 Å². The minimum Gasteiger partial charge on any atom is -0.335 e. The maximum Gasteiger partial charge on any atom is 0.321 e. The number of aryl methyl sites for hydroxylation is 1. The van der Waals surface area contributed by atoms with Crippen molar-refractivity contribution in [2.24, 2.45) is 0 Å². The van der Waals surface area contributed by atoms with Gasteiger partial charge in [-0.05, 0) is 20.3 Å². The fourth-order valence-corrected chi connectivity index (χ4v) is 2.66. The first kappa shape index (κ1) is 19.7. The lowest BCUT2D eigenvalue weighted by atomic mass is 9.98. The standard InChI is InChI=1S/C21H27N3O2/c1-4-16(3)23-21(26)24-19(25)14-22-20(17-8-6-5-7-9-17)18-12-10-15(2)11-13-18/h5-13,16,20,22H,4,14H2,1-3H3,(H2,23,24,25,26)/p+1/t16-,20+/m0/s1. The summed E-state index contributed by atoms with van der Waals surface area (Å²) in [4.78, 5) is 23.9. The third kappa shape index (κ3) is 6.01. The maximum absolute atomic E-state index is 12.1. The second-order valence-corrected chi connectivity index (χ2v) is 6.57. The smallest absolute Gasteiger partial charge is 0.321 e. The van der Waals surface area contributed by atoms with E-state index >= 15 is 0 Å². The van der Waals surface area contributed by atoms with Crippen molar-refractivity contribution in [3.05, 3.63) is 71.3 Å². The number of amides is 3. The van der Waals surface area contributed by atoms with Crippen molar-refractivity contribution < 1.29 is 14.9 Å². The summed E-state index contributed by atoms with van der Waals surface area (Å²) in [7, 11) is 0. The van der Waals surface area contributed by atoms with Gasteiger partial charge < -0.3 is 10.6 Å². The number of nitrogens with one attached hydrogen (secondary N) is 2. The van der Waals surface area contributed by atoms with Crippen molar-refractivity contribution in [1.29, 1.82) is 0 Å². The van der Waals surface area contributed by atoms with Crippen LogP contribution in [0, 0.1) is 6.92 Å². The van der Waals surface area contributed by atoms with Crippen LogP contribution in [-0.4, -0.2) is 24.5 Å². The molecule has 2 aromatic rings. The Morgan fingerprint density at radius 2 is 1.62 bits per heavy atom. The molecule has 4 N–H and O–H groups in total. The largest absolute Gasteiger partial charge is 0.335 e. The van der Waals surface area contributed by atoms with Gasteiger partial charge >= 0.3 is 6.03 Å². The van der Waals surface area contributed by atoms with Gasteiger partial charge in [0, 0.05) is 17.2 Å². The Kier molecular flexibility index (Phi) is 7.36. The summed E-state index contributed by atoms with van der Waals surface area (Å²) in [5.41, 5.74) is 3.44. The molecule has 2 aromatic carbocycles. The average molecular weight is 354 g/mol. The fraction of sp³-hybridized carbons (Fsp3) is 0.333. The lowest BCUT2D eigenvalue weighted by molar-refractivity contribution is -0.676. The minimum absolute atomic E-state index is 0.000164. The normalized spacial score (nSPS) is 12.9. The van der Waals surface area contributed by atoms with Gasteiger partial charge in [0.1, 0.15) is 6.04 Å². The molecule has 0 bridgehead atoms. The van der Waals surface area contributed by atoms with Crippen molar-refractivity contribution in [1.82, 2.24) is 10.6 Å². The molecule has 138 valence electrons. The number of carbonyl (C=O) groups excluding carboxylic acids is 2. The molecule has 2 rings (SSSR count). The van der Waals surface area contributed by atoms with Crippen LogP contribution >= 0.6 is 0 Å². The molecular weight excluding hydrogens is 326 g/mol. The Bertz CT molecular complexity index is 714. The Balaban J connectivity index is 2.02. The summed E-state index contributed by atoms with van der Waals surface area (Å²) in [6.07, 6.45) is 0.817. The van der Waals surface area contributed by atoms with E-state index in [0.29, 0.717) is 0 Å². The molecule has 3 amide bonds. The first-order chi connectivity index (χ1) is 12.5. The molecule has 0 saturated heterocycles. The highest BCUT2D eigenvalue weighted by molar-refractivity contribution is 5.94. The summed E-state index contributed by atoms with van der Waals surface area (Å²) >= 11 is 0. The molecule has 0 aliphatic heterocycles. The second kappa shape index (κ2) is 9.73. The zero-order chi connectivity index (χ0) is 18.9. The van der Waals surface area contributed by atoms with E-state index in [1.807, 2.05) is 44.3 Å². The van der Waals surface area contributed by atoms with Gasteiger partial charge in [0.25, 0.3) is 5.91 Å². The molecule has 5 nitrogen and oxygen atoms in total. The predicted molar refractivity (Wildman–Crippen MR) is 103 cm³/mol. The maximum atomic E-state index is 12.1. The minimum atomic E-state index is -0.440. The number of quaternary nitrogens is 1. The lowest BCUT2D eigenvalue weighted by Crippen LogP contribution is -2.88. The summed E-state index contributed by atoms with van der Waals surface area (Å²) in [6, 6.07) is 17.9. The first-order valence-corrected chi connectivity index (χ1v) is 9.04. The SMILES string of the molecule is CC[C@H](C)NC(=O)NC(=O)C[NH2+][C@H](c1ccccc1)c1ccc(C)cc1. The molecule has 0 heterocycles. The highest BCUT2D eigenvalue weighted by Gasteiger charge is 2.19. The summed E-state index contributed by atoms with van der Waals surface area (Å²) < 4.78 is 0. The van der Waals surface area contributed by atoms with Crippen LogP contribution in [0.25, 0.3) is 0 Å². The van der Waals surface area contributed by atoms with Gasteiger partial charge in [-0.25, -0.2) is 4.79 Å². The monoisotopic (exact) mass is 354 g/mol. The molecule has 0 aliphatic carbocycles. The van der Waals surface area contributed by atoms with Gasteiger partial charge in [0.2, 0.25) is 0 Å². The number of hydrogen-bond acceptors (Lipinski definition) is 2. The molecule has 0 fully saturated rings. The van der Waals surface area contributed by atoms with E-state index in [1.54, 1.807) is 0 Å². The highest BCUT2D eigenvalue weighted by Crippen LogP contribution is 2.18. The molecule has 2 atom stereocenters. The molecule has 0 aromatic heterocycles. The van der Waals surface area contributed by atoms with E-state index in [9.17, 15) is 9.59 Å². The van der Waals surface area contributed by atoms with Gasteiger partial charge in [0.15, 0.2) is 6.54 Å². The van der Waals surface area contributed by atoms with Crippen LogP contribution in [0.4, 0.5) is 4.79 Å². The number of benzene rings is 2. The van der Waals surface area contributed by atoms with Crippen molar-refractivity contribution in [2.75, 3.05) is 6.54 Å². The quantitative estimate of drug-likeness (QED) is 0.713. The number of nitrogens with two attached hydrogens (primary N) is 1. The van der Waals surface area contributed by atoms with Crippen molar-refractivity contribution >= 4 is 11.9 Å². The topological polar surface area (TPSA) is 74.8 Å². The van der Waals surface area contributed by atoms with Crippen LogP contribution in [0.1, 0.15) is 43.0 Å². The Morgan fingerprint density at radius 3 is 2.23 bits per heavy atom. The van der Waals surface area contributed by atoms with Gasteiger partial charge in [0.05, 0.1) is 0 Å². The van der Waals surface area contributed by atoms with Gasteiger partial charge in [-0.3, -0.25) is 10.1 Å². The van der Waals surface area contributed by atoms with E-state index < -0.39 is 6.03 Å². The van der Waals surface area contributed by atoms with Gasteiger partial charge in [-0.1, -0.05) is 67.1 Å². The Morgan fingerprint density at radius 1 is 1.00 bits per heavy atom. The summed E-state index contributed by atoms with van der Waals surface area (Å²) in [5.74, 6) is -0.307. The van der Waals surface area contributed by atoms with Gasteiger partial charge in [-0.2, -0.15) is 0 Å². The van der Waals surface area contributed by atoms with Crippen LogP contribution in [0.5, 0.6) is 0 Å². The van der Waals surface area contributed by atoms with Crippen LogP contribution in [-0.2, 0) is 4.79 Å². The van der Waals surface area contributed by atoms with E-state index in [-0.39, 0.29) is 24.5 Å². The predicted octanol–water partition coefficient (Wildman–Crippen LogP) is 2.27. The lowest BCUT2D eigenvalue weighted by Gasteiger charge is -2.17. The summed E-state index contributed by atoms with van der Waals surface area (Å²) in [5, 5.41) is 7.08. The Labute approximate surface area is 155 Å². The molecule has 0 radical (unpaired) electrons. The van der Waals surface area contributed by atoms with Crippen molar-refractivity contribution in [3.63, 3.8) is 0 Å². The number of imide groups is 1. The molecule has 5 heteroatoms. The van der Waals surface area contributed by atoms with Crippen molar-refractivity contribution in [3.8, 4) is 0 Å². The Hall–Kier alpha value is -2.66. The van der Waals surface area contributed by atoms with Crippen LogP contribution in [0.2, 0.25) is 0 Å². The molecule has 26 heavy (non-hydrogen) atoms. The molecule has 0 spiro atoms. The second-order valence-electron chi connectivity index (χ2n) is 6.57. The van der Waals surface area contributed by atoms with Crippen LogP contribution < -0.4 is 16.0 Å². The van der Waals surface area contributed by atoms with E-state index in [0.717, 1.165) is 17.5 Å². The number of urea groups is 1. The first-order valence-electron chi connectivity index (χ1n) is 9.04. The van der Waals surface area contributed by atoms with Crippen LogP contribution in [0.3, 0.4) is 0 Å². The van der Waals surface area contributed by atoms with Gasteiger partial charge in [-0.15, -0.1) is 0 Å². The summed E-state index contributed by atoms with van der Waals surface area (Å²) in [6.45, 7) is 6.10. The number of carbonyl (C=O) groups is 2. The van der Waals surface area contributed by atoms with E-state index in [1.165, 1.54) is 5.56 Å². The van der Waals surface area contributed by atoms with Crippen molar-refractivity contribution in [2.45, 2.75) is 39.3 Å². The molecule has 0 aliphatic rings. The third-order valence-corrected chi connectivity index (χ3v) is 4.38. The number of hydrogen-bond donors (Lipinski definition) is 3. The van der Waals surface area contributed by atoms with E-state index in [2.05, 4.69) is 47.0 Å². The van der Waals surface area contributed by atoms with Crippen LogP contribution in [0.15, 0.2) is 54.6 Å². The molecule has 0 unspecified atom stereocenters. The number of rotatable bonds is 7. The molecule has 0 saturated carbocycles. The fourth-order valence-electron chi connectivity index (χ4n) is 2.66. The average Bonchev–Trinajstić information content (AvgIpc) is 2.64.